The molecule has 1 amide bonds. The van der Waals surface area contributed by atoms with Crippen molar-refractivity contribution in [2.24, 2.45) is 0 Å². The van der Waals surface area contributed by atoms with Crippen LogP contribution in [0, 0.1) is 0 Å². The Labute approximate surface area is 137 Å². The summed E-state index contributed by atoms with van der Waals surface area (Å²) in [5.74, 6) is -0.426. The van der Waals surface area contributed by atoms with Crippen LogP contribution in [0.5, 0.6) is 0 Å². The van der Waals surface area contributed by atoms with Gasteiger partial charge in [-0.3, -0.25) is 19.1 Å². The van der Waals surface area contributed by atoms with Gasteiger partial charge in [0.25, 0.3) is 5.91 Å². The van der Waals surface area contributed by atoms with Gasteiger partial charge in [0.15, 0.2) is 0 Å². The molecule has 2 aromatic heterocycles. The maximum atomic E-state index is 12.5. The Kier molecular flexibility index (Phi) is 4.12. The van der Waals surface area contributed by atoms with E-state index in [1.165, 1.54) is 11.5 Å². The SMILES string of the molecule is CC(=O)n1cc(C(=O)NCc2cccnc2)c2ccc(Cl)cc21. The molecule has 116 valence electrons. The van der Waals surface area contributed by atoms with Crippen molar-refractivity contribution in [2.75, 3.05) is 0 Å². The Morgan fingerprint density at radius 3 is 2.83 bits per heavy atom. The molecule has 1 aromatic carbocycles. The first-order chi connectivity index (χ1) is 11.1. The number of amides is 1. The summed E-state index contributed by atoms with van der Waals surface area (Å²) in [6.07, 6.45) is 4.91. The predicted octanol–water partition coefficient (Wildman–Crippen LogP) is 3.28. The van der Waals surface area contributed by atoms with Crippen molar-refractivity contribution >= 4 is 34.3 Å². The van der Waals surface area contributed by atoms with Crippen LogP contribution in [-0.4, -0.2) is 21.4 Å². The summed E-state index contributed by atoms with van der Waals surface area (Å²) < 4.78 is 1.43. The van der Waals surface area contributed by atoms with Crippen LogP contribution in [0.1, 0.15) is 27.6 Å². The second kappa shape index (κ2) is 6.22. The number of nitrogens with one attached hydrogen (secondary N) is 1. The fraction of sp³-hybridized carbons (Fsp3) is 0.118. The van der Waals surface area contributed by atoms with E-state index in [-0.39, 0.29) is 11.8 Å². The molecule has 0 atom stereocenters. The molecule has 0 fully saturated rings. The molecule has 3 rings (SSSR count). The van der Waals surface area contributed by atoms with Crippen molar-refractivity contribution in [3.63, 3.8) is 0 Å². The Bertz CT molecular complexity index is 887. The van der Waals surface area contributed by atoms with Crippen molar-refractivity contribution in [1.29, 1.82) is 0 Å². The number of aromatic nitrogens is 2. The molecule has 1 N–H and O–H groups in total. The third kappa shape index (κ3) is 3.10. The summed E-state index contributed by atoms with van der Waals surface area (Å²) in [5, 5.41) is 4.04. The van der Waals surface area contributed by atoms with E-state index < -0.39 is 0 Å². The third-order valence-corrected chi connectivity index (χ3v) is 3.76. The summed E-state index contributed by atoms with van der Waals surface area (Å²) in [7, 11) is 0. The lowest BCUT2D eigenvalue weighted by Crippen LogP contribution is -2.22. The molecule has 3 aromatic rings. The highest BCUT2D eigenvalue weighted by Gasteiger charge is 2.17. The maximum absolute atomic E-state index is 12.5. The molecule has 5 nitrogen and oxygen atoms in total. The number of hydrogen-bond acceptors (Lipinski definition) is 3. The molecule has 0 aliphatic carbocycles. The standard InChI is InChI=1S/C17H14ClN3O2/c1-11(22)21-10-15(14-5-4-13(18)7-16(14)21)17(23)20-9-12-3-2-6-19-8-12/h2-8,10H,9H2,1H3,(H,20,23). The van der Waals surface area contributed by atoms with E-state index in [0.29, 0.717) is 28.0 Å². The maximum Gasteiger partial charge on any atom is 0.253 e. The number of halogens is 1. The van der Waals surface area contributed by atoms with Gasteiger partial charge in [0.2, 0.25) is 5.91 Å². The van der Waals surface area contributed by atoms with E-state index in [1.807, 2.05) is 12.1 Å². The summed E-state index contributed by atoms with van der Waals surface area (Å²) in [4.78, 5) is 28.2. The van der Waals surface area contributed by atoms with Crippen LogP contribution in [0.3, 0.4) is 0 Å². The Morgan fingerprint density at radius 2 is 2.13 bits per heavy atom. The second-order valence-electron chi connectivity index (χ2n) is 5.14. The molecular weight excluding hydrogens is 314 g/mol. The lowest BCUT2D eigenvalue weighted by atomic mass is 10.1. The normalized spacial score (nSPS) is 10.7. The molecule has 23 heavy (non-hydrogen) atoms. The number of pyridine rings is 1. The Morgan fingerprint density at radius 1 is 1.30 bits per heavy atom. The van der Waals surface area contributed by atoms with Crippen LogP contribution < -0.4 is 5.32 Å². The van der Waals surface area contributed by atoms with Crippen LogP contribution >= 0.6 is 11.6 Å². The smallest absolute Gasteiger partial charge is 0.253 e. The van der Waals surface area contributed by atoms with Crippen LogP contribution in [0.4, 0.5) is 0 Å². The number of benzene rings is 1. The van der Waals surface area contributed by atoms with Crippen LogP contribution in [0.25, 0.3) is 10.9 Å². The van der Waals surface area contributed by atoms with Gasteiger partial charge in [-0.15, -0.1) is 0 Å². The number of nitrogens with zero attached hydrogens (tertiary/aromatic N) is 2. The van der Waals surface area contributed by atoms with Crippen LogP contribution in [-0.2, 0) is 6.54 Å². The Hall–Kier alpha value is -2.66. The van der Waals surface area contributed by atoms with E-state index in [9.17, 15) is 9.59 Å². The molecule has 0 bridgehead atoms. The predicted molar refractivity (Wildman–Crippen MR) is 88.7 cm³/mol. The van der Waals surface area contributed by atoms with E-state index in [4.69, 9.17) is 11.6 Å². The van der Waals surface area contributed by atoms with Crippen LogP contribution in [0.15, 0.2) is 48.9 Å². The number of carbonyl (C=O) groups is 2. The molecule has 0 aliphatic rings. The molecule has 6 heteroatoms. The molecular formula is C17H14ClN3O2. The van der Waals surface area contributed by atoms with Crippen molar-refractivity contribution in [3.05, 3.63) is 65.1 Å². The fourth-order valence-electron chi connectivity index (χ4n) is 2.42. The Balaban J connectivity index is 1.93. The van der Waals surface area contributed by atoms with Gasteiger partial charge in [0.05, 0.1) is 11.1 Å². The second-order valence-corrected chi connectivity index (χ2v) is 5.57. The summed E-state index contributed by atoms with van der Waals surface area (Å²) >= 11 is 5.99. The number of fused-ring (bicyclic) bond motifs is 1. The number of rotatable bonds is 3. The topological polar surface area (TPSA) is 64.0 Å². The van der Waals surface area contributed by atoms with Gasteiger partial charge in [-0.05, 0) is 23.8 Å². The quantitative estimate of drug-likeness (QED) is 0.803. The molecule has 0 saturated carbocycles. The summed E-state index contributed by atoms with van der Waals surface area (Å²) in [6, 6.07) is 8.82. The molecule has 0 radical (unpaired) electrons. The average Bonchev–Trinajstić information content (AvgIpc) is 2.92. The van der Waals surface area contributed by atoms with Gasteiger partial charge in [0.1, 0.15) is 0 Å². The first kappa shape index (κ1) is 15.2. The number of carbonyl (C=O) groups excluding carboxylic acids is 2. The zero-order valence-corrected chi connectivity index (χ0v) is 13.2. The minimum atomic E-state index is -0.249. The fourth-order valence-corrected chi connectivity index (χ4v) is 2.59. The zero-order chi connectivity index (χ0) is 16.4. The number of hydrogen-bond donors (Lipinski definition) is 1. The summed E-state index contributed by atoms with van der Waals surface area (Å²) in [6.45, 7) is 1.81. The summed E-state index contributed by atoms with van der Waals surface area (Å²) in [5.41, 5.74) is 1.96. The van der Waals surface area contributed by atoms with E-state index >= 15 is 0 Å². The minimum absolute atomic E-state index is 0.177. The van der Waals surface area contributed by atoms with Crippen LogP contribution in [0.2, 0.25) is 5.02 Å². The van der Waals surface area contributed by atoms with Gasteiger partial charge >= 0.3 is 0 Å². The molecule has 0 unspecified atom stereocenters. The van der Waals surface area contributed by atoms with Gasteiger partial charge in [0, 0.05) is 42.5 Å². The van der Waals surface area contributed by atoms with E-state index in [1.54, 1.807) is 36.8 Å². The highest BCUT2D eigenvalue weighted by atomic mass is 35.5. The zero-order valence-electron chi connectivity index (χ0n) is 12.4. The van der Waals surface area contributed by atoms with Crippen molar-refractivity contribution in [3.8, 4) is 0 Å². The molecule has 0 saturated heterocycles. The van der Waals surface area contributed by atoms with E-state index in [0.717, 1.165) is 5.56 Å². The van der Waals surface area contributed by atoms with Gasteiger partial charge < -0.3 is 5.32 Å². The molecule has 0 spiro atoms. The van der Waals surface area contributed by atoms with Crippen molar-refractivity contribution in [1.82, 2.24) is 14.9 Å². The largest absolute Gasteiger partial charge is 0.348 e. The van der Waals surface area contributed by atoms with Crippen molar-refractivity contribution in [2.45, 2.75) is 13.5 Å². The lowest BCUT2D eigenvalue weighted by molar-refractivity contribution is 0.0941. The molecule has 2 heterocycles. The minimum Gasteiger partial charge on any atom is -0.348 e. The molecule has 0 aliphatic heterocycles. The monoisotopic (exact) mass is 327 g/mol. The van der Waals surface area contributed by atoms with Gasteiger partial charge in [-0.2, -0.15) is 0 Å². The average molecular weight is 328 g/mol. The first-order valence-corrected chi connectivity index (χ1v) is 7.42. The lowest BCUT2D eigenvalue weighted by Gasteiger charge is -2.04. The van der Waals surface area contributed by atoms with Gasteiger partial charge in [-0.25, -0.2) is 0 Å². The third-order valence-electron chi connectivity index (χ3n) is 3.53. The highest BCUT2D eigenvalue weighted by molar-refractivity contribution is 6.31. The van der Waals surface area contributed by atoms with E-state index in [2.05, 4.69) is 10.3 Å². The first-order valence-electron chi connectivity index (χ1n) is 7.05. The van der Waals surface area contributed by atoms with Crippen molar-refractivity contribution < 1.29 is 9.59 Å². The highest BCUT2D eigenvalue weighted by Crippen LogP contribution is 2.25. The van der Waals surface area contributed by atoms with Gasteiger partial charge in [-0.1, -0.05) is 23.7 Å².